The van der Waals surface area contributed by atoms with Crippen LogP contribution in [-0.2, 0) is 16.0 Å². The Bertz CT molecular complexity index is 1280. The van der Waals surface area contributed by atoms with Crippen molar-refractivity contribution in [3.63, 3.8) is 0 Å². The minimum atomic E-state index is -0.538. The number of carbonyl (C=O) groups is 2. The zero-order valence-corrected chi connectivity index (χ0v) is 18.9. The lowest BCUT2D eigenvalue weighted by atomic mass is 9.96. The summed E-state index contributed by atoms with van der Waals surface area (Å²) in [4.78, 5) is 24.4. The molecule has 0 saturated carbocycles. The number of aromatic nitrogens is 2. The first-order chi connectivity index (χ1) is 15.3. The molecule has 3 aromatic carbocycles. The van der Waals surface area contributed by atoms with Crippen LogP contribution < -0.4 is 10.7 Å². The van der Waals surface area contributed by atoms with E-state index in [1.807, 2.05) is 57.2 Å². The number of carbonyl (C=O) groups excluding carboxylic acids is 2. The van der Waals surface area contributed by atoms with Gasteiger partial charge < -0.3 is 5.32 Å². The van der Waals surface area contributed by atoms with E-state index in [0.29, 0.717) is 10.1 Å². The summed E-state index contributed by atoms with van der Waals surface area (Å²) in [6, 6.07) is 18.3. The Morgan fingerprint density at radius 1 is 1.00 bits per heavy atom. The van der Waals surface area contributed by atoms with Gasteiger partial charge >= 0.3 is 0 Å². The maximum absolute atomic E-state index is 12.3. The molecule has 1 heterocycles. The summed E-state index contributed by atoms with van der Waals surface area (Å²) in [5.41, 5.74) is 2.97. The van der Waals surface area contributed by atoms with Gasteiger partial charge in [0.15, 0.2) is 0 Å². The molecule has 0 spiro atoms. The average molecular weight is 446 g/mol. The molecular formula is C24H23N5O2S. The van der Waals surface area contributed by atoms with Crippen molar-refractivity contribution >= 4 is 56.0 Å². The molecule has 0 aliphatic heterocycles. The van der Waals surface area contributed by atoms with Crippen molar-refractivity contribution in [2.45, 2.75) is 27.2 Å². The van der Waals surface area contributed by atoms with E-state index in [0.717, 1.165) is 27.1 Å². The van der Waals surface area contributed by atoms with Gasteiger partial charge in [0.05, 0.1) is 12.6 Å². The highest BCUT2D eigenvalue weighted by Crippen LogP contribution is 2.27. The lowest BCUT2D eigenvalue weighted by Gasteiger charge is -2.15. The van der Waals surface area contributed by atoms with Crippen molar-refractivity contribution in [3.8, 4) is 0 Å². The average Bonchev–Trinajstić information content (AvgIpc) is 3.19. The van der Waals surface area contributed by atoms with Crippen LogP contribution in [0.4, 0.5) is 5.13 Å². The van der Waals surface area contributed by atoms with Gasteiger partial charge in [-0.05, 0) is 27.6 Å². The number of hydrogen-bond acceptors (Lipinski definition) is 6. The fraction of sp³-hybridized carbons (Fsp3) is 0.208. The van der Waals surface area contributed by atoms with Crippen molar-refractivity contribution < 1.29 is 9.59 Å². The van der Waals surface area contributed by atoms with Gasteiger partial charge in [0.25, 0.3) is 0 Å². The molecule has 4 rings (SSSR count). The van der Waals surface area contributed by atoms with E-state index >= 15 is 0 Å². The van der Waals surface area contributed by atoms with Crippen LogP contribution in [0.1, 0.15) is 31.3 Å². The molecule has 0 bridgehead atoms. The van der Waals surface area contributed by atoms with Crippen molar-refractivity contribution in [3.05, 3.63) is 65.2 Å². The highest BCUT2D eigenvalue weighted by Gasteiger charge is 2.22. The van der Waals surface area contributed by atoms with Gasteiger partial charge in [-0.2, -0.15) is 5.10 Å². The first kappa shape index (κ1) is 21.6. The Morgan fingerprint density at radius 2 is 1.62 bits per heavy atom. The fourth-order valence-electron chi connectivity index (χ4n) is 3.19. The first-order valence-electron chi connectivity index (χ1n) is 10.2. The van der Waals surface area contributed by atoms with Gasteiger partial charge in [-0.1, -0.05) is 80.6 Å². The number of anilines is 1. The monoisotopic (exact) mass is 445 g/mol. The molecule has 4 aromatic rings. The number of nitrogens with zero attached hydrogens (tertiary/aromatic N) is 3. The Hall–Kier alpha value is -3.65. The van der Waals surface area contributed by atoms with E-state index in [1.165, 1.54) is 11.3 Å². The maximum atomic E-state index is 12.3. The molecule has 162 valence electrons. The number of nitrogens with one attached hydrogen (secondary N) is 2. The lowest BCUT2D eigenvalue weighted by molar-refractivity contribution is -0.123. The van der Waals surface area contributed by atoms with Gasteiger partial charge in [0, 0.05) is 11.0 Å². The third-order valence-corrected chi connectivity index (χ3v) is 5.71. The van der Waals surface area contributed by atoms with Crippen LogP contribution in [0.3, 0.4) is 0 Å². The van der Waals surface area contributed by atoms with Gasteiger partial charge in [-0.25, -0.2) is 5.43 Å². The maximum Gasteiger partial charge on any atom is 0.247 e. The molecule has 0 aliphatic carbocycles. The normalized spacial score (nSPS) is 11.8. The predicted molar refractivity (Wildman–Crippen MR) is 129 cm³/mol. The van der Waals surface area contributed by atoms with Crippen LogP contribution in [0.5, 0.6) is 0 Å². The third-order valence-electron chi connectivity index (χ3n) is 4.88. The smallest absolute Gasteiger partial charge is 0.247 e. The molecule has 8 heteroatoms. The highest BCUT2D eigenvalue weighted by atomic mass is 32.1. The second kappa shape index (κ2) is 8.84. The third kappa shape index (κ3) is 4.81. The van der Waals surface area contributed by atoms with Crippen LogP contribution in [0.15, 0.2) is 59.7 Å². The van der Waals surface area contributed by atoms with E-state index in [-0.39, 0.29) is 18.2 Å². The van der Waals surface area contributed by atoms with Crippen LogP contribution in [-0.4, -0.2) is 28.2 Å². The van der Waals surface area contributed by atoms with E-state index in [2.05, 4.69) is 44.2 Å². The molecule has 0 radical (unpaired) electrons. The number of hydrogen-bond donors (Lipinski definition) is 2. The van der Waals surface area contributed by atoms with E-state index in [4.69, 9.17) is 0 Å². The molecule has 0 unspecified atom stereocenters. The Labute approximate surface area is 189 Å². The number of benzene rings is 3. The summed E-state index contributed by atoms with van der Waals surface area (Å²) in [5, 5.41) is 20.0. The quantitative estimate of drug-likeness (QED) is 0.268. The molecule has 32 heavy (non-hydrogen) atoms. The lowest BCUT2D eigenvalue weighted by Crippen LogP contribution is -2.27. The summed E-state index contributed by atoms with van der Waals surface area (Å²) in [6.45, 7) is 5.44. The molecule has 7 nitrogen and oxygen atoms in total. The van der Waals surface area contributed by atoms with Gasteiger partial charge in [-0.15, -0.1) is 10.2 Å². The molecular weight excluding hydrogens is 422 g/mol. The largest absolute Gasteiger partial charge is 0.300 e. The first-order valence-corrected chi connectivity index (χ1v) is 11.0. The topological polar surface area (TPSA) is 96.3 Å². The summed E-state index contributed by atoms with van der Waals surface area (Å²) in [5.74, 6) is -0.466. The van der Waals surface area contributed by atoms with Gasteiger partial charge in [0.1, 0.15) is 5.01 Å². The number of fused-ring (bicyclic) bond motifs is 2. The van der Waals surface area contributed by atoms with Crippen molar-refractivity contribution in [1.82, 2.24) is 15.6 Å². The fourth-order valence-corrected chi connectivity index (χ4v) is 3.93. The SMILES string of the molecule is CC(C)(C)C(=O)Nc1nnc(CC(=O)N/N=C\c2c3ccccc3cc3ccccc23)s1. The molecule has 2 amide bonds. The minimum absolute atomic E-state index is 0.0245. The zero-order valence-electron chi connectivity index (χ0n) is 18.0. The Kier molecular flexibility index (Phi) is 5.96. The van der Waals surface area contributed by atoms with Crippen molar-refractivity contribution in [2.75, 3.05) is 5.32 Å². The second-order valence-corrected chi connectivity index (χ2v) is 9.47. The van der Waals surface area contributed by atoms with Crippen LogP contribution in [0.25, 0.3) is 21.5 Å². The minimum Gasteiger partial charge on any atom is -0.300 e. The summed E-state index contributed by atoms with van der Waals surface area (Å²) < 4.78 is 0. The van der Waals surface area contributed by atoms with Crippen LogP contribution in [0, 0.1) is 5.41 Å². The molecule has 0 fully saturated rings. The van der Waals surface area contributed by atoms with Crippen molar-refractivity contribution in [1.29, 1.82) is 0 Å². The van der Waals surface area contributed by atoms with Gasteiger partial charge in [0.2, 0.25) is 16.9 Å². The van der Waals surface area contributed by atoms with E-state index in [1.54, 1.807) is 6.21 Å². The van der Waals surface area contributed by atoms with Crippen LogP contribution in [0.2, 0.25) is 0 Å². The molecule has 2 N–H and O–H groups in total. The number of rotatable bonds is 5. The van der Waals surface area contributed by atoms with Crippen molar-refractivity contribution in [2.24, 2.45) is 10.5 Å². The van der Waals surface area contributed by atoms with E-state index in [9.17, 15) is 9.59 Å². The highest BCUT2D eigenvalue weighted by molar-refractivity contribution is 7.15. The summed E-state index contributed by atoms with van der Waals surface area (Å²) >= 11 is 1.17. The summed E-state index contributed by atoms with van der Waals surface area (Å²) in [6.07, 6.45) is 1.70. The second-order valence-electron chi connectivity index (χ2n) is 8.41. The predicted octanol–water partition coefficient (Wildman–Crippen LogP) is 4.52. The van der Waals surface area contributed by atoms with E-state index < -0.39 is 5.41 Å². The molecule has 0 atom stereocenters. The molecule has 0 saturated heterocycles. The standard InChI is InChI=1S/C24H23N5O2S/c1-24(2,3)22(31)26-23-29-28-21(32-23)13-20(30)27-25-14-19-17-10-6-4-8-15(17)12-16-9-5-7-11-18(16)19/h4-12,14H,13H2,1-3H3,(H,27,30)(H,26,29,31)/b25-14-. The van der Waals surface area contributed by atoms with Gasteiger partial charge in [-0.3, -0.25) is 9.59 Å². The van der Waals surface area contributed by atoms with Crippen LogP contribution >= 0.6 is 11.3 Å². The number of hydrazone groups is 1. The summed E-state index contributed by atoms with van der Waals surface area (Å²) in [7, 11) is 0. The Balaban J connectivity index is 1.46. The Morgan fingerprint density at radius 3 is 2.25 bits per heavy atom. The molecule has 1 aromatic heterocycles. The molecule has 0 aliphatic rings. The zero-order chi connectivity index (χ0) is 22.7. The number of amides is 2.